The minimum atomic E-state index is -2.17. The molecule has 1 heterocycles. The summed E-state index contributed by atoms with van der Waals surface area (Å²) in [5.74, 6) is -0.899. The Morgan fingerprint density at radius 1 is 1.12 bits per heavy atom. The van der Waals surface area contributed by atoms with Gasteiger partial charge in [-0.1, -0.05) is 32.9 Å². The van der Waals surface area contributed by atoms with Gasteiger partial charge < -0.3 is 13.9 Å². The molecule has 32 heavy (non-hydrogen) atoms. The van der Waals surface area contributed by atoms with Crippen LogP contribution in [0.1, 0.15) is 53.5 Å². The van der Waals surface area contributed by atoms with E-state index in [4.69, 9.17) is 13.9 Å². The fourth-order valence-corrected chi connectivity index (χ4v) is 5.08. The maximum absolute atomic E-state index is 13.5. The summed E-state index contributed by atoms with van der Waals surface area (Å²) in [6.45, 7) is 16.3. The van der Waals surface area contributed by atoms with Crippen molar-refractivity contribution in [2.24, 2.45) is 0 Å². The number of halogens is 1. The average Bonchev–Trinajstić information content (AvgIpc) is 2.99. The van der Waals surface area contributed by atoms with Gasteiger partial charge in [-0.3, -0.25) is 4.90 Å². The summed E-state index contributed by atoms with van der Waals surface area (Å²) >= 11 is 0. The monoisotopic (exact) mass is 467 g/mol. The number of ether oxygens (including phenoxy) is 2. The van der Waals surface area contributed by atoms with Crippen LogP contribution < -0.4 is 0 Å². The van der Waals surface area contributed by atoms with Crippen LogP contribution in [0.3, 0.4) is 0 Å². The highest BCUT2D eigenvalue weighted by Gasteiger charge is 2.57. The maximum atomic E-state index is 13.5. The summed E-state index contributed by atoms with van der Waals surface area (Å²) in [7, 11) is -0.859. The van der Waals surface area contributed by atoms with Crippen molar-refractivity contribution < 1.29 is 27.9 Å². The van der Waals surface area contributed by atoms with Crippen molar-refractivity contribution >= 4 is 20.4 Å². The molecule has 1 saturated heterocycles. The van der Waals surface area contributed by atoms with Crippen LogP contribution in [0.2, 0.25) is 18.1 Å². The van der Waals surface area contributed by atoms with Crippen LogP contribution in [0.25, 0.3) is 0 Å². The van der Waals surface area contributed by atoms with E-state index in [2.05, 4.69) is 33.9 Å². The molecule has 0 bridgehead atoms. The summed E-state index contributed by atoms with van der Waals surface area (Å²) < 4.78 is 30.9. The number of esters is 1. The van der Waals surface area contributed by atoms with Gasteiger partial charge in [0.25, 0.3) is 0 Å². The van der Waals surface area contributed by atoms with Crippen molar-refractivity contribution in [2.45, 2.75) is 89.8 Å². The summed E-state index contributed by atoms with van der Waals surface area (Å²) in [4.78, 5) is 27.9. The minimum Gasteiger partial charge on any atom is -0.467 e. The molecule has 1 amide bonds. The fraction of sp³-hybridized carbons (Fsp3) is 0.667. The van der Waals surface area contributed by atoms with Crippen LogP contribution in [0.4, 0.5) is 9.18 Å². The van der Waals surface area contributed by atoms with Crippen LogP contribution in [-0.4, -0.2) is 56.2 Å². The molecule has 0 saturated carbocycles. The predicted octanol–water partition coefficient (Wildman–Crippen LogP) is 5.31. The number of likely N-dealkylation sites (tertiary alicyclic amines) is 1. The number of benzene rings is 1. The van der Waals surface area contributed by atoms with E-state index in [9.17, 15) is 14.0 Å². The highest BCUT2D eigenvalue weighted by molar-refractivity contribution is 6.74. The zero-order chi connectivity index (χ0) is 24.5. The van der Waals surface area contributed by atoms with E-state index >= 15 is 0 Å². The van der Waals surface area contributed by atoms with E-state index in [-0.39, 0.29) is 36.3 Å². The third kappa shape index (κ3) is 5.89. The molecular formula is C24H38FNO5Si. The van der Waals surface area contributed by atoms with E-state index in [1.54, 1.807) is 32.9 Å². The van der Waals surface area contributed by atoms with Gasteiger partial charge in [-0.25, -0.2) is 14.0 Å². The first-order valence-electron chi connectivity index (χ1n) is 11.0. The van der Waals surface area contributed by atoms with Gasteiger partial charge in [-0.2, -0.15) is 0 Å². The Labute approximate surface area is 192 Å². The lowest BCUT2D eigenvalue weighted by Crippen LogP contribution is -2.56. The van der Waals surface area contributed by atoms with Crippen LogP contribution in [0.15, 0.2) is 24.3 Å². The molecule has 8 heteroatoms. The molecule has 1 aliphatic heterocycles. The fourth-order valence-electron chi connectivity index (χ4n) is 3.73. The van der Waals surface area contributed by atoms with Crippen molar-refractivity contribution in [3.05, 3.63) is 35.6 Å². The number of amides is 1. The molecule has 180 valence electrons. The molecule has 0 aliphatic carbocycles. The van der Waals surface area contributed by atoms with E-state index in [0.29, 0.717) is 0 Å². The van der Waals surface area contributed by atoms with Gasteiger partial charge in [-0.15, -0.1) is 0 Å². The van der Waals surface area contributed by atoms with Gasteiger partial charge in [-0.05, 0) is 56.6 Å². The summed E-state index contributed by atoms with van der Waals surface area (Å²) in [5, 5.41) is -0.0305. The first kappa shape index (κ1) is 26.3. The van der Waals surface area contributed by atoms with Crippen molar-refractivity contribution in [3.63, 3.8) is 0 Å². The van der Waals surface area contributed by atoms with Crippen LogP contribution in [-0.2, 0) is 25.1 Å². The molecule has 2 rings (SSSR count). The molecule has 6 nitrogen and oxygen atoms in total. The molecule has 2 atom stereocenters. The minimum absolute atomic E-state index is 0.0305. The number of hydrogen-bond donors (Lipinski definition) is 0. The number of hydrogen-bond acceptors (Lipinski definition) is 5. The topological polar surface area (TPSA) is 65.1 Å². The molecule has 0 radical (unpaired) electrons. The van der Waals surface area contributed by atoms with Gasteiger partial charge in [0.05, 0.1) is 19.8 Å². The van der Waals surface area contributed by atoms with Crippen molar-refractivity contribution in [1.82, 2.24) is 4.90 Å². The number of nitrogens with zero attached hydrogens (tertiary/aromatic N) is 1. The molecule has 0 aromatic heterocycles. The molecule has 0 unspecified atom stereocenters. The second kappa shape index (κ2) is 9.13. The first-order chi connectivity index (χ1) is 14.5. The largest absolute Gasteiger partial charge is 0.467 e. The second-order valence-corrected chi connectivity index (χ2v) is 15.9. The first-order valence-corrected chi connectivity index (χ1v) is 13.9. The van der Waals surface area contributed by atoms with E-state index in [1.807, 2.05) is 0 Å². The quantitative estimate of drug-likeness (QED) is 0.434. The Morgan fingerprint density at radius 3 is 2.16 bits per heavy atom. The van der Waals surface area contributed by atoms with Crippen LogP contribution in [0.5, 0.6) is 0 Å². The normalized spacial score (nSPS) is 22.1. The van der Waals surface area contributed by atoms with E-state index < -0.39 is 31.5 Å². The number of carbonyl (C=O) groups is 2. The van der Waals surface area contributed by atoms with Gasteiger partial charge in [0.15, 0.2) is 8.32 Å². The SMILES string of the molecule is COC(=O)[C@]1(Cc2ccc(F)cc2)C[C@@H](O[Si](C)(C)C(C)(C)C)CN1C(=O)OC(C)(C)C. The molecule has 0 spiro atoms. The van der Waals surface area contributed by atoms with Gasteiger partial charge in [0, 0.05) is 12.8 Å². The molecule has 1 fully saturated rings. The zero-order valence-electron chi connectivity index (χ0n) is 20.9. The summed E-state index contributed by atoms with van der Waals surface area (Å²) in [6.07, 6.45) is -0.478. The zero-order valence-corrected chi connectivity index (χ0v) is 21.9. The second-order valence-electron chi connectivity index (χ2n) is 11.1. The number of methoxy groups -OCH3 is 1. The Bertz CT molecular complexity index is 828. The maximum Gasteiger partial charge on any atom is 0.411 e. The summed E-state index contributed by atoms with van der Waals surface area (Å²) in [6, 6.07) is 5.93. The number of rotatable bonds is 5. The van der Waals surface area contributed by atoms with Gasteiger partial charge in [0.2, 0.25) is 0 Å². The van der Waals surface area contributed by atoms with Gasteiger partial charge >= 0.3 is 12.1 Å². The Balaban J connectivity index is 2.49. The average molecular weight is 468 g/mol. The van der Waals surface area contributed by atoms with Gasteiger partial charge in [0.1, 0.15) is 17.0 Å². The van der Waals surface area contributed by atoms with E-state index in [1.165, 1.54) is 24.1 Å². The van der Waals surface area contributed by atoms with Crippen LogP contribution in [0, 0.1) is 5.82 Å². The summed E-state index contributed by atoms with van der Waals surface area (Å²) in [5.41, 5.74) is -1.31. The number of carbonyl (C=O) groups excluding carboxylic acids is 2. The Kier molecular flexibility index (Phi) is 7.51. The Morgan fingerprint density at radius 2 is 1.69 bits per heavy atom. The highest BCUT2D eigenvalue weighted by Crippen LogP contribution is 2.42. The molecule has 0 N–H and O–H groups in total. The standard InChI is InChI=1S/C24H38FNO5Si/c1-22(2,3)30-21(28)26-16-19(31-32(8,9)23(4,5)6)15-24(26,20(27)29-7)14-17-10-12-18(25)13-11-17/h10-13,19H,14-16H2,1-9H3/t19-,24+/m1/s1. The van der Waals surface area contributed by atoms with Crippen LogP contribution >= 0.6 is 0 Å². The molecule has 1 aliphatic rings. The third-order valence-corrected chi connectivity index (χ3v) is 10.9. The molecular weight excluding hydrogens is 429 g/mol. The lowest BCUT2D eigenvalue weighted by Gasteiger charge is -2.38. The molecule has 1 aromatic rings. The molecule has 1 aromatic carbocycles. The van der Waals surface area contributed by atoms with Crippen molar-refractivity contribution in [3.8, 4) is 0 Å². The smallest absolute Gasteiger partial charge is 0.411 e. The lowest BCUT2D eigenvalue weighted by atomic mass is 9.87. The third-order valence-electron chi connectivity index (χ3n) is 6.32. The van der Waals surface area contributed by atoms with Crippen molar-refractivity contribution in [2.75, 3.05) is 13.7 Å². The predicted molar refractivity (Wildman–Crippen MR) is 124 cm³/mol. The Hall–Kier alpha value is -1.93. The van der Waals surface area contributed by atoms with Crippen molar-refractivity contribution in [1.29, 1.82) is 0 Å². The van der Waals surface area contributed by atoms with E-state index in [0.717, 1.165) is 5.56 Å². The highest BCUT2D eigenvalue weighted by atomic mass is 28.4. The lowest BCUT2D eigenvalue weighted by molar-refractivity contribution is -0.153.